The lowest BCUT2D eigenvalue weighted by Gasteiger charge is -2.46. The molecule has 4 heterocycles. The van der Waals surface area contributed by atoms with Crippen molar-refractivity contribution in [2.75, 3.05) is 31.1 Å². The molecule has 4 rings (SSSR count). The summed E-state index contributed by atoms with van der Waals surface area (Å²) < 4.78 is 69.5. The Balaban J connectivity index is 0.000000301. The lowest BCUT2D eigenvalue weighted by molar-refractivity contribution is -0.193. The number of hydrogen-bond donors (Lipinski definition) is 2. The van der Waals surface area contributed by atoms with E-state index in [1.54, 1.807) is 12.4 Å². The van der Waals surface area contributed by atoms with Crippen LogP contribution in [0.5, 0.6) is 0 Å². The number of amides is 1. The molecule has 2 aromatic rings. The third kappa shape index (κ3) is 9.57. The second-order valence-electron chi connectivity index (χ2n) is 8.12. The molecule has 2 aliphatic rings. The number of carboxylic acids is 2. The molecule has 38 heavy (non-hydrogen) atoms. The zero-order valence-electron chi connectivity index (χ0n) is 19.5. The summed E-state index contributed by atoms with van der Waals surface area (Å²) in [6.07, 6.45) is -4.76. The van der Waals surface area contributed by atoms with E-state index in [1.807, 2.05) is 28.4 Å². The van der Waals surface area contributed by atoms with Gasteiger partial charge in [0.15, 0.2) is 0 Å². The largest absolute Gasteiger partial charge is 0.490 e. The maximum atomic E-state index is 12.3. The molecule has 0 aromatic carbocycles. The Kier molecular flexibility index (Phi) is 10.6. The van der Waals surface area contributed by atoms with Gasteiger partial charge in [-0.3, -0.25) is 14.7 Å². The summed E-state index contributed by atoms with van der Waals surface area (Å²) in [5.41, 5.74) is 0.654. The van der Waals surface area contributed by atoms with Crippen LogP contribution in [0, 0.1) is 0 Å². The van der Waals surface area contributed by atoms with E-state index in [4.69, 9.17) is 24.5 Å². The van der Waals surface area contributed by atoms with Crippen molar-refractivity contribution in [1.82, 2.24) is 9.88 Å². The van der Waals surface area contributed by atoms with Crippen LogP contribution < -0.4 is 4.90 Å². The Morgan fingerprint density at radius 2 is 1.61 bits per heavy atom. The van der Waals surface area contributed by atoms with Crippen LogP contribution in [-0.4, -0.2) is 82.1 Å². The van der Waals surface area contributed by atoms with Gasteiger partial charge in [-0.1, -0.05) is 6.07 Å². The molecule has 0 saturated carbocycles. The Morgan fingerprint density at radius 1 is 1.03 bits per heavy atom. The van der Waals surface area contributed by atoms with Gasteiger partial charge >= 0.3 is 24.3 Å². The number of ether oxygens (including phenoxy) is 1. The summed E-state index contributed by atoms with van der Waals surface area (Å²) in [4.78, 5) is 39.9. The van der Waals surface area contributed by atoms with E-state index in [9.17, 15) is 31.1 Å². The Morgan fingerprint density at radius 3 is 2.05 bits per heavy atom. The molecule has 0 atom stereocenters. The molecule has 2 aliphatic heterocycles. The number of alkyl halides is 6. The molecular weight excluding hydrogens is 548 g/mol. The fourth-order valence-electron chi connectivity index (χ4n) is 3.51. The van der Waals surface area contributed by atoms with Crippen LogP contribution in [0.15, 0.2) is 42.0 Å². The second-order valence-corrected chi connectivity index (χ2v) is 9.16. The maximum Gasteiger partial charge on any atom is 0.490 e. The number of nitrogens with zero attached hydrogens (tertiary/aromatic N) is 3. The zero-order chi connectivity index (χ0) is 28.6. The Labute approximate surface area is 216 Å². The standard InChI is InChI=1S/C18H21N3O2S.2C2HF3O2/c22-17-13-23-18(14-21(17)15-3-1-7-19-11-15)5-8-20(9-6-18)12-16-4-2-10-24-16;2*3-2(4,5)1(6)7/h1-4,7,10-11H,5-6,8-9,12-14H2;2*(H,6,7). The van der Waals surface area contributed by atoms with Crippen molar-refractivity contribution in [2.24, 2.45) is 0 Å². The first-order valence-electron chi connectivity index (χ1n) is 10.8. The lowest BCUT2D eigenvalue weighted by atomic mass is 9.89. The number of hydrogen-bond acceptors (Lipinski definition) is 7. The molecule has 2 aromatic heterocycles. The SMILES string of the molecule is O=C(O)C(F)(F)F.O=C(O)C(F)(F)F.O=C1COC2(CCN(Cc3cccs3)CC2)CN1c1cccnc1. The van der Waals surface area contributed by atoms with E-state index >= 15 is 0 Å². The highest BCUT2D eigenvalue weighted by atomic mass is 32.1. The van der Waals surface area contributed by atoms with Gasteiger partial charge in [0.1, 0.15) is 6.61 Å². The third-order valence-electron chi connectivity index (χ3n) is 5.42. The predicted molar refractivity (Wildman–Crippen MR) is 121 cm³/mol. The van der Waals surface area contributed by atoms with E-state index in [-0.39, 0.29) is 18.1 Å². The van der Waals surface area contributed by atoms with E-state index in [0.717, 1.165) is 38.2 Å². The number of aliphatic carboxylic acids is 2. The molecule has 0 aliphatic carbocycles. The Bertz CT molecular complexity index is 1030. The first kappa shape index (κ1) is 31.0. The summed E-state index contributed by atoms with van der Waals surface area (Å²) in [6.45, 7) is 3.82. The summed E-state index contributed by atoms with van der Waals surface area (Å²) in [6, 6.07) is 8.10. The van der Waals surface area contributed by atoms with Crippen molar-refractivity contribution in [1.29, 1.82) is 0 Å². The van der Waals surface area contributed by atoms with Crippen LogP contribution in [0.1, 0.15) is 17.7 Å². The minimum atomic E-state index is -5.08. The molecule has 0 radical (unpaired) electrons. The number of pyridine rings is 1. The van der Waals surface area contributed by atoms with Crippen LogP contribution in [0.4, 0.5) is 32.0 Å². The highest BCUT2D eigenvalue weighted by Gasteiger charge is 2.43. The van der Waals surface area contributed by atoms with Gasteiger partial charge in [0.2, 0.25) is 0 Å². The molecule has 0 unspecified atom stereocenters. The highest BCUT2D eigenvalue weighted by Crippen LogP contribution is 2.33. The molecule has 210 valence electrons. The summed E-state index contributed by atoms with van der Waals surface area (Å²) in [7, 11) is 0. The van der Waals surface area contributed by atoms with Crippen LogP contribution in [0.25, 0.3) is 0 Å². The second kappa shape index (κ2) is 13.0. The summed E-state index contributed by atoms with van der Waals surface area (Å²) in [5.74, 6) is -5.49. The number of anilines is 1. The fourth-order valence-corrected chi connectivity index (χ4v) is 4.25. The Hall–Kier alpha value is -3.24. The summed E-state index contributed by atoms with van der Waals surface area (Å²) in [5, 5.41) is 16.4. The number of piperidine rings is 1. The molecule has 16 heteroatoms. The summed E-state index contributed by atoms with van der Waals surface area (Å²) >= 11 is 1.81. The number of carboxylic acid groups (broad SMARTS) is 2. The van der Waals surface area contributed by atoms with Crippen LogP contribution in [0.2, 0.25) is 0 Å². The van der Waals surface area contributed by atoms with Crippen molar-refractivity contribution in [3.8, 4) is 0 Å². The molecule has 2 fully saturated rings. The van der Waals surface area contributed by atoms with Gasteiger partial charge in [-0.25, -0.2) is 9.59 Å². The minimum absolute atomic E-state index is 0.0228. The molecule has 2 saturated heterocycles. The van der Waals surface area contributed by atoms with Crippen molar-refractivity contribution >= 4 is 34.9 Å². The first-order valence-corrected chi connectivity index (χ1v) is 11.7. The first-order chi connectivity index (χ1) is 17.6. The van der Waals surface area contributed by atoms with E-state index < -0.39 is 24.3 Å². The van der Waals surface area contributed by atoms with Crippen molar-refractivity contribution in [3.05, 3.63) is 46.9 Å². The number of aromatic nitrogens is 1. The molecule has 1 spiro atoms. The highest BCUT2D eigenvalue weighted by molar-refractivity contribution is 7.09. The van der Waals surface area contributed by atoms with Gasteiger partial charge in [0, 0.05) is 30.7 Å². The van der Waals surface area contributed by atoms with Crippen LogP contribution >= 0.6 is 11.3 Å². The van der Waals surface area contributed by atoms with Crippen molar-refractivity contribution in [3.63, 3.8) is 0 Å². The molecule has 0 bridgehead atoms. The quantitative estimate of drug-likeness (QED) is 0.534. The topological polar surface area (TPSA) is 120 Å². The predicted octanol–water partition coefficient (Wildman–Crippen LogP) is 3.81. The van der Waals surface area contributed by atoms with Crippen LogP contribution in [-0.2, 0) is 25.7 Å². The van der Waals surface area contributed by atoms with Crippen molar-refractivity contribution in [2.45, 2.75) is 37.3 Å². The average molecular weight is 571 g/mol. The van der Waals surface area contributed by atoms with Crippen molar-refractivity contribution < 1.29 is 55.7 Å². The van der Waals surface area contributed by atoms with Gasteiger partial charge in [-0.05, 0) is 36.4 Å². The van der Waals surface area contributed by atoms with Gasteiger partial charge in [0.25, 0.3) is 5.91 Å². The van der Waals surface area contributed by atoms with Gasteiger partial charge < -0.3 is 19.8 Å². The minimum Gasteiger partial charge on any atom is -0.475 e. The fraction of sp³-hybridized carbons (Fsp3) is 0.455. The molecule has 2 N–H and O–H groups in total. The molecule has 9 nitrogen and oxygen atoms in total. The number of halogens is 6. The zero-order valence-corrected chi connectivity index (χ0v) is 20.4. The smallest absolute Gasteiger partial charge is 0.475 e. The lowest BCUT2D eigenvalue weighted by Crippen LogP contribution is -2.58. The van der Waals surface area contributed by atoms with Gasteiger partial charge in [-0.2, -0.15) is 26.3 Å². The maximum absolute atomic E-state index is 12.3. The van der Waals surface area contributed by atoms with Crippen LogP contribution in [0.3, 0.4) is 0 Å². The number of likely N-dealkylation sites (tertiary alicyclic amines) is 1. The van der Waals surface area contributed by atoms with E-state index in [0.29, 0.717) is 6.54 Å². The average Bonchev–Trinajstić information content (AvgIpc) is 3.36. The monoisotopic (exact) mass is 571 g/mol. The van der Waals surface area contributed by atoms with Gasteiger partial charge in [0.05, 0.1) is 24.0 Å². The third-order valence-corrected chi connectivity index (χ3v) is 6.28. The number of rotatable bonds is 3. The normalized spacial score (nSPS) is 17.6. The van der Waals surface area contributed by atoms with E-state index in [1.165, 1.54) is 4.88 Å². The van der Waals surface area contributed by atoms with E-state index in [2.05, 4.69) is 27.4 Å². The molecular formula is C22H23F6N3O6S. The number of thiophene rings is 1. The van der Waals surface area contributed by atoms with Gasteiger partial charge in [-0.15, -0.1) is 11.3 Å². The number of carbonyl (C=O) groups excluding carboxylic acids is 1. The molecule has 1 amide bonds. The number of morpholine rings is 1. The number of carbonyl (C=O) groups is 3.